The Hall–Kier alpha value is -1.85. The summed E-state index contributed by atoms with van der Waals surface area (Å²) in [5.41, 5.74) is 0.156. The van der Waals surface area contributed by atoms with Crippen LogP contribution >= 0.6 is 0 Å². The molecule has 1 aliphatic heterocycles. The third kappa shape index (κ3) is 9.46. The number of carbonyl (C=O) groups is 1. The molecular formula is C24H38N2O3. The van der Waals surface area contributed by atoms with Crippen LogP contribution in [0.25, 0.3) is 6.08 Å². The fraction of sp³-hybridized carbons (Fsp3) is 0.625. The van der Waals surface area contributed by atoms with Gasteiger partial charge in [0, 0.05) is 25.7 Å². The minimum atomic E-state index is -0.666. The first-order valence-electron chi connectivity index (χ1n) is 10.9. The monoisotopic (exact) mass is 402 g/mol. The van der Waals surface area contributed by atoms with E-state index in [4.69, 9.17) is 4.74 Å². The summed E-state index contributed by atoms with van der Waals surface area (Å²) in [6, 6.07) is 10.9. The fourth-order valence-electron chi connectivity index (χ4n) is 3.05. The lowest BCUT2D eigenvalue weighted by Gasteiger charge is -2.38. The minimum Gasteiger partial charge on any atom is -0.444 e. The SMILES string of the molecule is CC(C)(C)OC(=O)N1CCC(O)(CNC2CC2)CC1.CC/C=C\c1ccccc1. The van der Waals surface area contributed by atoms with Gasteiger partial charge in [0.2, 0.25) is 0 Å². The third-order valence-corrected chi connectivity index (χ3v) is 4.99. The minimum absolute atomic E-state index is 0.273. The average molecular weight is 403 g/mol. The normalized spacial score (nSPS) is 18.9. The number of rotatable bonds is 5. The Labute approximate surface area is 176 Å². The number of ether oxygens (including phenoxy) is 1. The molecular weight excluding hydrogens is 364 g/mol. The molecule has 1 aromatic carbocycles. The van der Waals surface area contributed by atoms with Gasteiger partial charge in [0.1, 0.15) is 5.60 Å². The number of nitrogens with one attached hydrogen (secondary N) is 1. The molecule has 1 saturated heterocycles. The van der Waals surface area contributed by atoms with Crippen molar-refractivity contribution in [2.24, 2.45) is 0 Å². The van der Waals surface area contributed by atoms with Gasteiger partial charge in [-0.3, -0.25) is 0 Å². The lowest BCUT2D eigenvalue weighted by atomic mass is 9.91. The van der Waals surface area contributed by atoms with Gasteiger partial charge in [0.05, 0.1) is 5.60 Å². The van der Waals surface area contributed by atoms with E-state index >= 15 is 0 Å². The van der Waals surface area contributed by atoms with Gasteiger partial charge in [-0.2, -0.15) is 0 Å². The van der Waals surface area contributed by atoms with E-state index in [0.29, 0.717) is 38.5 Å². The molecule has 0 bridgehead atoms. The number of likely N-dealkylation sites (tertiary alicyclic amines) is 1. The van der Waals surface area contributed by atoms with Crippen LogP contribution in [0.5, 0.6) is 0 Å². The maximum atomic E-state index is 11.9. The summed E-state index contributed by atoms with van der Waals surface area (Å²) in [4.78, 5) is 13.6. The van der Waals surface area contributed by atoms with Gasteiger partial charge in [-0.25, -0.2) is 4.79 Å². The molecule has 1 heterocycles. The fourth-order valence-corrected chi connectivity index (χ4v) is 3.05. The molecule has 162 valence electrons. The van der Waals surface area contributed by atoms with Crippen LogP contribution in [0.15, 0.2) is 36.4 Å². The highest BCUT2D eigenvalue weighted by atomic mass is 16.6. The first-order chi connectivity index (χ1) is 13.7. The van der Waals surface area contributed by atoms with Gasteiger partial charge >= 0.3 is 6.09 Å². The van der Waals surface area contributed by atoms with E-state index in [9.17, 15) is 9.90 Å². The smallest absolute Gasteiger partial charge is 0.410 e. The van der Waals surface area contributed by atoms with Gasteiger partial charge < -0.3 is 20.1 Å². The van der Waals surface area contributed by atoms with Crippen LogP contribution in [0.3, 0.4) is 0 Å². The Morgan fingerprint density at radius 2 is 1.86 bits per heavy atom. The number of piperidine rings is 1. The largest absolute Gasteiger partial charge is 0.444 e. The molecule has 2 aliphatic rings. The predicted molar refractivity (Wildman–Crippen MR) is 119 cm³/mol. The quantitative estimate of drug-likeness (QED) is 0.755. The molecule has 0 atom stereocenters. The molecule has 0 aromatic heterocycles. The highest BCUT2D eigenvalue weighted by molar-refractivity contribution is 5.68. The van der Waals surface area contributed by atoms with E-state index in [1.807, 2.05) is 26.8 Å². The summed E-state index contributed by atoms with van der Waals surface area (Å²) in [7, 11) is 0. The van der Waals surface area contributed by atoms with Crippen LogP contribution in [-0.4, -0.2) is 53.0 Å². The first kappa shape index (κ1) is 23.4. The predicted octanol–water partition coefficient (Wildman–Crippen LogP) is 4.61. The number of amides is 1. The molecule has 2 N–H and O–H groups in total. The zero-order chi connectivity index (χ0) is 21.3. The number of benzene rings is 1. The van der Waals surface area contributed by atoms with Crippen molar-refractivity contribution in [2.45, 2.75) is 77.0 Å². The second-order valence-corrected chi connectivity index (χ2v) is 9.07. The number of nitrogens with zero attached hydrogens (tertiary/aromatic N) is 1. The summed E-state index contributed by atoms with van der Waals surface area (Å²) in [6.07, 6.45) is 8.81. The Balaban J connectivity index is 0.000000253. The zero-order valence-corrected chi connectivity index (χ0v) is 18.5. The van der Waals surface area contributed by atoms with E-state index in [1.54, 1.807) is 4.90 Å². The Bertz CT molecular complexity index is 640. The second kappa shape index (κ2) is 10.8. The Morgan fingerprint density at radius 3 is 2.38 bits per heavy atom. The van der Waals surface area contributed by atoms with E-state index in [1.165, 1.54) is 18.4 Å². The molecule has 0 radical (unpaired) electrons. The summed E-state index contributed by atoms with van der Waals surface area (Å²) in [5.74, 6) is 0. The molecule has 1 aliphatic carbocycles. The van der Waals surface area contributed by atoms with Crippen molar-refractivity contribution in [2.75, 3.05) is 19.6 Å². The standard InChI is InChI=1S/C14H26N2O3.C10H12/c1-13(2,3)19-12(17)16-8-6-14(18,7-9-16)10-15-11-4-5-11;1-2-3-7-10-8-5-4-6-9-10/h11,15,18H,4-10H2,1-3H3;3-9H,2H2,1H3/b;7-3-. The Morgan fingerprint density at radius 1 is 1.24 bits per heavy atom. The van der Waals surface area contributed by atoms with Crippen molar-refractivity contribution in [3.05, 3.63) is 42.0 Å². The highest BCUT2D eigenvalue weighted by Gasteiger charge is 2.36. The van der Waals surface area contributed by atoms with Gasteiger partial charge in [-0.15, -0.1) is 0 Å². The summed E-state index contributed by atoms with van der Waals surface area (Å²) < 4.78 is 5.34. The number of allylic oxidation sites excluding steroid dienone is 1. The molecule has 1 saturated carbocycles. The molecule has 3 rings (SSSR count). The molecule has 0 unspecified atom stereocenters. The highest BCUT2D eigenvalue weighted by Crippen LogP contribution is 2.25. The first-order valence-corrected chi connectivity index (χ1v) is 10.9. The van der Waals surface area contributed by atoms with Crippen LogP contribution in [0, 0.1) is 0 Å². The molecule has 1 aromatic rings. The van der Waals surface area contributed by atoms with E-state index < -0.39 is 11.2 Å². The van der Waals surface area contributed by atoms with Crippen molar-refractivity contribution in [1.82, 2.24) is 10.2 Å². The third-order valence-electron chi connectivity index (χ3n) is 4.99. The van der Waals surface area contributed by atoms with E-state index in [0.717, 1.165) is 6.42 Å². The van der Waals surface area contributed by atoms with Crippen LogP contribution in [-0.2, 0) is 4.74 Å². The van der Waals surface area contributed by atoms with Crippen LogP contribution in [0.1, 0.15) is 65.4 Å². The van der Waals surface area contributed by atoms with Gasteiger partial charge in [-0.1, -0.05) is 49.4 Å². The molecule has 29 heavy (non-hydrogen) atoms. The van der Waals surface area contributed by atoms with Crippen LogP contribution in [0.2, 0.25) is 0 Å². The average Bonchev–Trinajstić information content (AvgIpc) is 3.50. The second-order valence-electron chi connectivity index (χ2n) is 9.07. The molecule has 5 nitrogen and oxygen atoms in total. The summed E-state index contributed by atoms with van der Waals surface area (Å²) >= 11 is 0. The lowest BCUT2D eigenvalue weighted by Crippen LogP contribution is -2.52. The van der Waals surface area contributed by atoms with Gasteiger partial charge in [0.25, 0.3) is 0 Å². The van der Waals surface area contributed by atoms with E-state index in [2.05, 4.69) is 48.7 Å². The van der Waals surface area contributed by atoms with Crippen molar-refractivity contribution in [1.29, 1.82) is 0 Å². The number of hydrogen-bond donors (Lipinski definition) is 2. The van der Waals surface area contributed by atoms with Crippen LogP contribution in [0.4, 0.5) is 4.79 Å². The maximum Gasteiger partial charge on any atom is 0.410 e. The van der Waals surface area contributed by atoms with E-state index in [-0.39, 0.29) is 6.09 Å². The number of carbonyl (C=O) groups excluding carboxylic acids is 1. The van der Waals surface area contributed by atoms with Gasteiger partial charge in [-0.05, 0) is 58.4 Å². The number of hydrogen-bond acceptors (Lipinski definition) is 4. The maximum absolute atomic E-state index is 11.9. The zero-order valence-electron chi connectivity index (χ0n) is 18.5. The van der Waals surface area contributed by atoms with Crippen molar-refractivity contribution in [3.8, 4) is 0 Å². The Kier molecular flexibility index (Phi) is 8.72. The topological polar surface area (TPSA) is 61.8 Å². The number of aliphatic hydroxyl groups is 1. The molecule has 0 spiro atoms. The summed E-state index contributed by atoms with van der Waals surface area (Å²) in [5, 5.41) is 13.8. The lowest BCUT2D eigenvalue weighted by molar-refractivity contribution is -0.0311. The molecule has 5 heteroatoms. The van der Waals surface area contributed by atoms with Crippen molar-refractivity contribution in [3.63, 3.8) is 0 Å². The van der Waals surface area contributed by atoms with Crippen molar-refractivity contribution < 1.29 is 14.6 Å². The van der Waals surface area contributed by atoms with Gasteiger partial charge in [0.15, 0.2) is 0 Å². The van der Waals surface area contributed by atoms with Crippen molar-refractivity contribution >= 4 is 12.2 Å². The molecule has 2 fully saturated rings. The summed E-state index contributed by atoms with van der Waals surface area (Å²) in [6.45, 7) is 9.51. The van der Waals surface area contributed by atoms with Crippen LogP contribution < -0.4 is 5.32 Å². The molecule has 1 amide bonds.